The Labute approximate surface area is 237 Å². The van der Waals surface area contributed by atoms with Crippen LogP contribution in [0.4, 0.5) is 21.5 Å². The Kier molecular flexibility index (Phi) is 6.49. The van der Waals surface area contributed by atoms with Gasteiger partial charge in [0.25, 0.3) is 5.91 Å². The van der Waals surface area contributed by atoms with Gasteiger partial charge in [-0.1, -0.05) is 44.2 Å². The highest BCUT2D eigenvalue weighted by molar-refractivity contribution is 6.26. The monoisotopic (exact) mass is 554 g/mol. The summed E-state index contributed by atoms with van der Waals surface area (Å²) in [6.07, 6.45) is 0.602. The summed E-state index contributed by atoms with van der Waals surface area (Å²) in [4.78, 5) is 57.2. The second-order valence-electron chi connectivity index (χ2n) is 11.5. The zero-order chi connectivity index (χ0) is 29.1. The molecule has 4 amide bonds. The molecule has 0 saturated carbocycles. The minimum absolute atomic E-state index is 0.197. The number of nitrogens with one attached hydrogen (secondary N) is 2. The molecule has 4 unspecified atom stereocenters. The molecule has 2 N–H and O–H groups in total. The minimum Gasteiger partial charge on any atom is -0.326 e. The normalized spacial score (nSPS) is 24.9. The summed E-state index contributed by atoms with van der Waals surface area (Å²) in [6, 6.07) is 19.5. The number of amides is 4. The average molecular weight is 555 g/mol. The molecule has 3 aliphatic rings. The lowest BCUT2D eigenvalue weighted by molar-refractivity contribution is -0.132. The standard InChI is InChI=1S/C32H31FN4O4/c1-18(2)16-25-27-28(30(40)37(29(27)39)23-14-12-22(13-15-23)34-19(3)38)32(35-25)24-6-4-5-7-26(24)36(31(32)41)17-20-8-10-21(33)11-9-20/h4-15,18,25,27-28,35H,16-17H2,1-3H3,(H,34,38). The Morgan fingerprint density at radius 2 is 1.66 bits per heavy atom. The topological polar surface area (TPSA) is 98.8 Å². The summed E-state index contributed by atoms with van der Waals surface area (Å²) in [5.74, 6) is -3.14. The third-order valence-electron chi connectivity index (χ3n) is 8.29. The summed E-state index contributed by atoms with van der Waals surface area (Å²) < 4.78 is 13.6. The van der Waals surface area contributed by atoms with Gasteiger partial charge in [-0.2, -0.15) is 0 Å². The number of para-hydroxylation sites is 1. The summed E-state index contributed by atoms with van der Waals surface area (Å²) in [6.45, 7) is 5.70. The Morgan fingerprint density at radius 1 is 0.976 bits per heavy atom. The van der Waals surface area contributed by atoms with Crippen molar-refractivity contribution in [3.05, 3.63) is 89.7 Å². The van der Waals surface area contributed by atoms with Crippen LogP contribution in [-0.2, 0) is 31.3 Å². The third-order valence-corrected chi connectivity index (χ3v) is 8.29. The van der Waals surface area contributed by atoms with Crippen LogP contribution < -0.4 is 20.4 Å². The summed E-state index contributed by atoms with van der Waals surface area (Å²) in [7, 11) is 0. The van der Waals surface area contributed by atoms with Crippen LogP contribution in [-0.4, -0.2) is 29.7 Å². The lowest BCUT2D eigenvalue weighted by Crippen LogP contribution is -2.55. The van der Waals surface area contributed by atoms with E-state index in [1.807, 2.05) is 38.1 Å². The Balaban J connectivity index is 1.43. The molecule has 2 saturated heterocycles. The van der Waals surface area contributed by atoms with E-state index in [-0.39, 0.29) is 36.0 Å². The zero-order valence-corrected chi connectivity index (χ0v) is 23.1. The maximum Gasteiger partial charge on any atom is 0.253 e. The predicted molar refractivity (Wildman–Crippen MR) is 152 cm³/mol. The van der Waals surface area contributed by atoms with E-state index < -0.39 is 29.3 Å². The second-order valence-corrected chi connectivity index (χ2v) is 11.5. The van der Waals surface area contributed by atoms with Gasteiger partial charge in [-0.15, -0.1) is 0 Å². The molecule has 6 rings (SSSR count). The highest BCUT2D eigenvalue weighted by Gasteiger charge is 2.71. The predicted octanol–water partition coefficient (Wildman–Crippen LogP) is 4.35. The summed E-state index contributed by atoms with van der Waals surface area (Å²) in [5.41, 5.74) is 1.60. The molecule has 3 heterocycles. The first-order chi connectivity index (χ1) is 19.6. The van der Waals surface area contributed by atoms with Crippen molar-refractivity contribution in [2.24, 2.45) is 17.8 Å². The van der Waals surface area contributed by atoms with E-state index in [0.717, 1.165) is 5.56 Å². The van der Waals surface area contributed by atoms with Crippen molar-refractivity contribution in [1.29, 1.82) is 0 Å². The molecule has 0 radical (unpaired) electrons. The number of fused-ring (bicyclic) bond motifs is 4. The van der Waals surface area contributed by atoms with Crippen LogP contribution in [0.2, 0.25) is 0 Å². The Morgan fingerprint density at radius 3 is 2.32 bits per heavy atom. The van der Waals surface area contributed by atoms with Gasteiger partial charge in [-0.3, -0.25) is 24.5 Å². The molecule has 210 valence electrons. The van der Waals surface area contributed by atoms with Crippen molar-refractivity contribution in [2.45, 2.75) is 45.3 Å². The maximum atomic E-state index is 14.5. The summed E-state index contributed by atoms with van der Waals surface area (Å²) in [5, 5.41) is 6.22. The lowest BCUT2D eigenvalue weighted by atomic mass is 9.76. The maximum absolute atomic E-state index is 14.5. The number of halogens is 1. The number of nitrogens with zero attached hydrogens (tertiary/aromatic N) is 2. The van der Waals surface area contributed by atoms with E-state index in [4.69, 9.17) is 0 Å². The molecular formula is C32H31FN4O4. The number of rotatable bonds is 6. The van der Waals surface area contributed by atoms with Gasteiger partial charge in [-0.05, 0) is 60.4 Å². The molecular weight excluding hydrogens is 523 g/mol. The van der Waals surface area contributed by atoms with Gasteiger partial charge in [0.15, 0.2) is 0 Å². The average Bonchev–Trinajstić information content (AvgIpc) is 3.49. The molecule has 2 fully saturated rings. The first kappa shape index (κ1) is 26.8. The number of hydrogen-bond acceptors (Lipinski definition) is 5. The first-order valence-electron chi connectivity index (χ1n) is 13.8. The van der Waals surface area contributed by atoms with E-state index in [9.17, 15) is 23.6 Å². The zero-order valence-electron chi connectivity index (χ0n) is 23.1. The van der Waals surface area contributed by atoms with Crippen molar-refractivity contribution in [2.75, 3.05) is 15.1 Å². The van der Waals surface area contributed by atoms with E-state index in [1.165, 1.54) is 24.0 Å². The highest BCUT2D eigenvalue weighted by atomic mass is 19.1. The van der Waals surface area contributed by atoms with Crippen LogP contribution in [0.15, 0.2) is 72.8 Å². The molecule has 3 aliphatic heterocycles. The number of imide groups is 1. The van der Waals surface area contributed by atoms with Crippen LogP contribution in [0, 0.1) is 23.6 Å². The number of carbonyl (C=O) groups excluding carboxylic acids is 4. The van der Waals surface area contributed by atoms with E-state index >= 15 is 0 Å². The van der Waals surface area contributed by atoms with Crippen LogP contribution in [0.5, 0.6) is 0 Å². The fourth-order valence-electron chi connectivity index (χ4n) is 6.74. The number of carbonyl (C=O) groups is 4. The molecule has 0 aliphatic carbocycles. The second kappa shape index (κ2) is 9.92. The van der Waals surface area contributed by atoms with Crippen molar-refractivity contribution in [3.63, 3.8) is 0 Å². The van der Waals surface area contributed by atoms with Crippen molar-refractivity contribution in [3.8, 4) is 0 Å². The number of anilines is 3. The molecule has 41 heavy (non-hydrogen) atoms. The SMILES string of the molecule is CC(=O)Nc1ccc(N2C(=O)C3C(CC(C)C)NC4(C(=O)N(Cc5ccc(F)cc5)c5ccccc54)C3C2=O)cc1. The van der Waals surface area contributed by atoms with Crippen molar-refractivity contribution >= 4 is 40.7 Å². The quantitative estimate of drug-likeness (QED) is 0.442. The molecule has 3 aromatic rings. The van der Waals surface area contributed by atoms with Gasteiger partial charge in [-0.25, -0.2) is 9.29 Å². The van der Waals surface area contributed by atoms with Gasteiger partial charge in [0, 0.05) is 29.9 Å². The molecule has 0 bridgehead atoms. The first-order valence-corrected chi connectivity index (χ1v) is 13.8. The molecule has 0 aromatic heterocycles. The number of hydrogen-bond donors (Lipinski definition) is 2. The van der Waals surface area contributed by atoms with Gasteiger partial charge in [0.05, 0.1) is 24.1 Å². The smallest absolute Gasteiger partial charge is 0.253 e. The fourth-order valence-corrected chi connectivity index (χ4v) is 6.74. The highest BCUT2D eigenvalue weighted by Crippen LogP contribution is 2.56. The van der Waals surface area contributed by atoms with E-state index in [2.05, 4.69) is 10.6 Å². The van der Waals surface area contributed by atoms with E-state index in [1.54, 1.807) is 41.3 Å². The van der Waals surface area contributed by atoms with Crippen molar-refractivity contribution in [1.82, 2.24) is 5.32 Å². The van der Waals surface area contributed by atoms with Crippen LogP contribution in [0.3, 0.4) is 0 Å². The van der Waals surface area contributed by atoms with Crippen LogP contribution in [0.25, 0.3) is 0 Å². The van der Waals surface area contributed by atoms with Crippen LogP contribution in [0.1, 0.15) is 38.3 Å². The largest absolute Gasteiger partial charge is 0.326 e. The van der Waals surface area contributed by atoms with Crippen LogP contribution >= 0.6 is 0 Å². The molecule has 4 atom stereocenters. The molecule has 9 heteroatoms. The lowest BCUT2D eigenvalue weighted by Gasteiger charge is -2.31. The molecule has 1 spiro atoms. The molecule has 8 nitrogen and oxygen atoms in total. The molecule has 3 aromatic carbocycles. The fraction of sp³-hybridized carbons (Fsp3) is 0.312. The Hall–Kier alpha value is -4.37. The number of benzene rings is 3. The van der Waals surface area contributed by atoms with E-state index in [0.29, 0.717) is 29.0 Å². The van der Waals surface area contributed by atoms with Crippen molar-refractivity contribution < 1.29 is 23.6 Å². The van der Waals surface area contributed by atoms with Gasteiger partial charge < -0.3 is 10.2 Å². The Bertz CT molecular complexity index is 1550. The minimum atomic E-state index is -1.42. The van der Waals surface area contributed by atoms with Gasteiger partial charge in [0.1, 0.15) is 11.4 Å². The van der Waals surface area contributed by atoms with Gasteiger partial charge >= 0.3 is 0 Å². The van der Waals surface area contributed by atoms with Gasteiger partial charge in [0.2, 0.25) is 17.7 Å². The summed E-state index contributed by atoms with van der Waals surface area (Å²) >= 11 is 0. The third kappa shape index (κ3) is 4.23.